The van der Waals surface area contributed by atoms with Gasteiger partial charge in [0.05, 0.1) is 5.75 Å². The predicted molar refractivity (Wildman–Crippen MR) is 86.3 cm³/mol. The number of nitrogens with one attached hydrogen (secondary N) is 2. The lowest BCUT2D eigenvalue weighted by Crippen LogP contribution is -2.54. The Morgan fingerprint density at radius 1 is 1.33 bits per heavy atom. The van der Waals surface area contributed by atoms with Crippen LogP contribution in [0.1, 0.15) is 25.3 Å². The summed E-state index contributed by atoms with van der Waals surface area (Å²) >= 11 is 0. The fourth-order valence-electron chi connectivity index (χ4n) is 3.54. The fourth-order valence-corrected chi connectivity index (χ4v) is 4.67. The summed E-state index contributed by atoms with van der Waals surface area (Å²) in [7, 11) is -3.24. The van der Waals surface area contributed by atoms with Gasteiger partial charge in [-0.05, 0) is 31.7 Å². The number of urea groups is 1. The van der Waals surface area contributed by atoms with Crippen LogP contribution in [0.2, 0.25) is 0 Å². The first-order valence-corrected chi connectivity index (χ1v) is 9.53. The first-order valence-electron chi connectivity index (χ1n) is 7.92. The Morgan fingerprint density at radius 2 is 2.04 bits per heavy atom. The third kappa shape index (κ3) is 2.67. The van der Waals surface area contributed by atoms with E-state index in [4.69, 9.17) is 0 Å². The van der Waals surface area contributed by atoms with E-state index in [1.54, 1.807) is 31.5 Å². The lowest BCUT2D eigenvalue weighted by Gasteiger charge is -2.40. The van der Waals surface area contributed by atoms with E-state index in [0.717, 1.165) is 0 Å². The molecule has 9 heteroatoms. The van der Waals surface area contributed by atoms with E-state index in [2.05, 4.69) is 15.6 Å². The van der Waals surface area contributed by atoms with Crippen LogP contribution in [-0.2, 0) is 20.4 Å². The van der Waals surface area contributed by atoms with Gasteiger partial charge in [0.15, 0.2) is 5.54 Å². The Morgan fingerprint density at radius 3 is 2.54 bits per heavy atom. The van der Waals surface area contributed by atoms with E-state index in [1.165, 1.54) is 4.31 Å². The number of hydrogen-bond donors (Lipinski definition) is 2. The Hall–Kier alpha value is -2.00. The Balaban J connectivity index is 1.90. The van der Waals surface area contributed by atoms with Crippen molar-refractivity contribution >= 4 is 22.0 Å². The number of aromatic nitrogens is 1. The van der Waals surface area contributed by atoms with Crippen LogP contribution in [0.15, 0.2) is 24.5 Å². The molecule has 2 saturated heterocycles. The van der Waals surface area contributed by atoms with Gasteiger partial charge in [0, 0.05) is 31.0 Å². The lowest BCUT2D eigenvalue weighted by atomic mass is 9.74. The topological polar surface area (TPSA) is 108 Å². The van der Waals surface area contributed by atoms with Crippen LogP contribution in [-0.4, -0.2) is 48.5 Å². The van der Waals surface area contributed by atoms with Crippen molar-refractivity contribution in [2.45, 2.75) is 25.3 Å². The molecule has 0 radical (unpaired) electrons. The zero-order valence-electron chi connectivity index (χ0n) is 13.4. The Labute approximate surface area is 140 Å². The minimum atomic E-state index is -3.24. The van der Waals surface area contributed by atoms with E-state index in [1.807, 2.05) is 0 Å². The summed E-state index contributed by atoms with van der Waals surface area (Å²) in [4.78, 5) is 28.4. The quantitative estimate of drug-likeness (QED) is 0.752. The molecule has 3 heterocycles. The molecule has 1 aromatic rings. The van der Waals surface area contributed by atoms with Crippen molar-refractivity contribution in [2.75, 3.05) is 18.8 Å². The van der Waals surface area contributed by atoms with Crippen LogP contribution in [0.5, 0.6) is 0 Å². The molecule has 0 aromatic carbocycles. The lowest BCUT2D eigenvalue weighted by molar-refractivity contribution is -0.127. The normalized spacial score (nSPS) is 26.2. The number of amides is 3. The van der Waals surface area contributed by atoms with Gasteiger partial charge in [0.2, 0.25) is 10.0 Å². The molecule has 2 aliphatic heterocycles. The molecule has 0 unspecified atom stereocenters. The second-order valence-electron chi connectivity index (χ2n) is 6.03. The number of carbonyl (C=O) groups is 2. The van der Waals surface area contributed by atoms with Gasteiger partial charge in [0.25, 0.3) is 5.91 Å². The van der Waals surface area contributed by atoms with Crippen molar-refractivity contribution in [1.29, 1.82) is 0 Å². The standard InChI is InChI=1S/C15H20N4O4S/c1-2-24(22,23)19-8-5-11(6-9-19)15(12-4-3-7-16-10-12)13(20)17-14(21)18-15/h3-4,7,10-11H,2,5-6,8-9H2,1H3,(H2,17,18,20,21)/t15-/m0/s1. The number of pyridine rings is 1. The van der Waals surface area contributed by atoms with Gasteiger partial charge < -0.3 is 5.32 Å². The number of rotatable bonds is 4. The van der Waals surface area contributed by atoms with Crippen molar-refractivity contribution in [3.63, 3.8) is 0 Å². The van der Waals surface area contributed by atoms with Crippen LogP contribution in [0.3, 0.4) is 0 Å². The van der Waals surface area contributed by atoms with Crippen LogP contribution in [0, 0.1) is 5.92 Å². The molecule has 130 valence electrons. The van der Waals surface area contributed by atoms with Crippen LogP contribution in [0.4, 0.5) is 4.79 Å². The summed E-state index contributed by atoms with van der Waals surface area (Å²) in [6.07, 6.45) is 4.15. The summed E-state index contributed by atoms with van der Waals surface area (Å²) in [5.74, 6) is -0.545. The molecule has 0 saturated carbocycles. The second kappa shape index (κ2) is 6.14. The molecular weight excluding hydrogens is 332 g/mol. The molecule has 24 heavy (non-hydrogen) atoms. The summed E-state index contributed by atoms with van der Waals surface area (Å²) in [5.41, 5.74) is -0.571. The molecule has 0 bridgehead atoms. The molecule has 3 amide bonds. The van der Waals surface area contributed by atoms with Crippen molar-refractivity contribution in [3.8, 4) is 0 Å². The van der Waals surface area contributed by atoms with Gasteiger partial charge in [-0.1, -0.05) is 6.07 Å². The molecule has 8 nitrogen and oxygen atoms in total. The summed E-state index contributed by atoms with van der Waals surface area (Å²) in [6, 6.07) is 2.94. The Kier molecular flexibility index (Phi) is 4.31. The summed E-state index contributed by atoms with van der Waals surface area (Å²) in [6.45, 7) is 2.29. The Bertz CT molecular complexity index is 744. The highest BCUT2D eigenvalue weighted by Crippen LogP contribution is 2.39. The van der Waals surface area contributed by atoms with Gasteiger partial charge in [-0.15, -0.1) is 0 Å². The fraction of sp³-hybridized carbons (Fsp3) is 0.533. The van der Waals surface area contributed by atoms with E-state index in [9.17, 15) is 18.0 Å². The SMILES string of the molecule is CCS(=O)(=O)N1CCC([C@@]2(c3cccnc3)NC(=O)NC2=O)CC1. The highest BCUT2D eigenvalue weighted by molar-refractivity contribution is 7.89. The highest BCUT2D eigenvalue weighted by atomic mass is 32.2. The first kappa shape index (κ1) is 16.8. The molecule has 3 rings (SSSR count). The zero-order valence-corrected chi connectivity index (χ0v) is 14.2. The second-order valence-corrected chi connectivity index (χ2v) is 8.29. The number of nitrogens with zero attached hydrogens (tertiary/aromatic N) is 2. The van der Waals surface area contributed by atoms with Gasteiger partial charge >= 0.3 is 6.03 Å². The zero-order chi connectivity index (χ0) is 17.4. The van der Waals surface area contributed by atoms with Gasteiger partial charge in [-0.25, -0.2) is 17.5 Å². The molecule has 0 aliphatic carbocycles. The minimum absolute atomic E-state index is 0.0582. The molecule has 2 fully saturated rings. The maximum atomic E-state index is 12.6. The number of hydrogen-bond acceptors (Lipinski definition) is 5. The van der Waals surface area contributed by atoms with Gasteiger partial charge in [-0.3, -0.25) is 15.1 Å². The first-order chi connectivity index (χ1) is 11.4. The van der Waals surface area contributed by atoms with Crippen molar-refractivity contribution in [3.05, 3.63) is 30.1 Å². The largest absolute Gasteiger partial charge is 0.322 e. The van der Waals surface area contributed by atoms with Gasteiger partial charge in [0.1, 0.15) is 0 Å². The average Bonchev–Trinajstić information content (AvgIpc) is 2.91. The maximum absolute atomic E-state index is 12.6. The molecule has 1 atom stereocenters. The van der Waals surface area contributed by atoms with Crippen molar-refractivity contribution in [1.82, 2.24) is 19.9 Å². The van der Waals surface area contributed by atoms with E-state index < -0.39 is 27.5 Å². The minimum Gasteiger partial charge on any atom is -0.319 e. The number of sulfonamides is 1. The molecule has 1 aromatic heterocycles. The van der Waals surface area contributed by atoms with Crippen LogP contribution < -0.4 is 10.6 Å². The molecule has 0 spiro atoms. The summed E-state index contributed by atoms with van der Waals surface area (Å²) < 4.78 is 25.5. The smallest absolute Gasteiger partial charge is 0.319 e. The van der Waals surface area contributed by atoms with E-state index >= 15 is 0 Å². The predicted octanol–water partition coefficient (Wildman–Crippen LogP) is 0.178. The number of carbonyl (C=O) groups excluding carboxylic acids is 2. The summed E-state index contributed by atoms with van der Waals surface area (Å²) in [5, 5.41) is 5.07. The molecule has 2 N–H and O–H groups in total. The van der Waals surface area contributed by atoms with Crippen molar-refractivity contribution in [2.24, 2.45) is 5.92 Å². The highest BCUT2D eigenvalue weighted by Gasteiger charge is 2.54. The van der Waals surface area contributed by atoms with Crippen LogP contribution in [0.25, 0.3) is 0 Å². The molecular formula is C15H20N4O4S. The third-order valence-corrected chi connectivity index (χ3v) is 6.72. The van der Waals surface area contributed by atoms with Gasteiger partial charge in [-0.2, -0.15) is 0 Å². The monoisotopic (exact) mass is 352 g/mol. The molecule has 2 aliphatic rings. The maximum Gasteiger partial charge on any atom is 0.322 e. The number of imide groups is 1. The van der Waals surface area contributed by atoms with Crippen molar-refractivity contribution < 1.29 is 18.0 Å². The number of piperidine rings is 1. The third-order valence-electron chi connectivity index (χ3n) is 4.84. The van der Waals surface area contributed by atoms with Crippen LogP contribution >= 0.6 is 0 Å². The van der Waals surface area contributed by atoms with E-state index in [-0.39, 0.29) is 11.7 Å². The average molecular weight is 352 g/mol. The van der Waals surface area contributed by atoms with E-state index in [0.29, 0.717) is 31.5 Å².